The van der Waals surface area contributed by atoms with Gasteiger partial charge in [-0.25, -0.2) is 8.42 Å². The Bertz CT molecular complexity index is 729. The highest BCUT2D eigenvalue weighted by atomic mass is 32.2. The van der Waals surface area contributed by atoms with E-state index in [2.05, 4.69) is 22.4 Å². The highest BCUT2D eigenvalue weighted by Crippen LogP contribution is 2.17. The van der Waals surface area contributed by atoms with Crippen LogP contribution in [0, 0.1) is 0 Å². The molecule has 1 heterocycles. The number of benzene rings is 1. The molecule has 0 spiro atoms. The fourth-order valence-corrected chi connectivity index (χ4v) is 3.98. The molecule has 1 aliphatic heterocycles. The van der Waals surface area contributed by atoms with Crippen molar-refractivity contribution in [3.05, 3.63) is 42.0 Å². The Morgan fingerprint density at radius 2 is 2.08 bits per heavy atom. The Balaban J connectivity index is 2.00. The molecule has 0 saturated heterocycles. The first-order valence-corrected chi connectivity index (χ1v) is 10.00. The largest absolute Gasteiger partial charge is 0.351 e. The molecule has 0 saturated carbocycles. The third-order valence-electron chi connectivity index (χ3n) is 4.36. The van der Waals surface area contributed by atoms with Gasteiger partial charge >= 0.3 is 0 Å². The number of sulfonamides is 1. The zero-order chi connectivity index (χ0) is 18.4. The average Bonchev–Trinajstić information content (AvgIpc) is 2.61. The topological polar surface area (TPSA) is 69.7 Å². The van der Waals surface area contributed by atoms with Gasteiger partial charge < -0.3 is 5.32 Å². The third-order valence-corrected chi connectivity index (χ3v) is 6.39. The van der Waals surface area contributed by atoms with Gasteiger partial charge in [0.2, 0.25) is 10.0 Å². The van der Waals surface area contributed by atoms with Gasteiger partial charge in [0.1, 0.15) is 0 Å². The molecular weight excluding hydrogens is 338 g/mol. The highest BCUT2D eigenvalue weighted by molar-refractivity contribution is 7.89. The van der Waals surface area contributed by atoms with Crippen LogP contribution >= 0.6 is 0 Å². The van der Waals surface area contributed by atoms with Gasteiger partial charge in [0.25, 0.3) is 5.91 Å². The first-order valence-electron chi connectivity index (χ1n) is 8.56. The van der Waals surface area contributed by atoms with E-state index in [0.29, 0.717) is 12.1 Å². The maximum atomic E-state index is 12.6. The minimum absolute atomic E-state index is 0.137. The number of nitrogens with zero attached hydrogens (tertiary/aromatic N) is 2. The van der Waals surface area contributed by atoms with Crippen molar-refractivity contribution in [2.24, 2.45) is 0 Å². The Morgan fingerprint density at radius 3 is 2.72 bits per heavy atom. The Labute approximate surface area is 150 Å². The molecule has 7 heteroatoms. The van der Waals surface area contributed by atoms with Gasteiger partial charge in [-0.1, -0.05) is 18.2 Å². The zero-order valence-corrected chi connectivity index (χ0v) is 15.9. The number of carbonyl (C=O) groups excluding carboxylic acids is 1. The predicted octanol–water partition coefficient (Wildman–Crippen LogP) is 1.71. The lowest BCUT2D eigenvalue weighted by atomic mass is 10.2. The fourth-order valence-electron chi connectivity index (χ4n) is 2.56. The molecule has 0 bridgehead atoms. The third kappa shape index (κ3) is 5.14. The molecule has 0 aromatic heterocycles. The smallest absolute Gasteiger partial charge is 0.251 e. The molecule has 6 nitrogen and oxygen atoms in total. The number of amides is 1. The molecule has 1 aromatic carbocycles. The van der Waals surface area contributed by atoms with Crippen molar-refractivity contribution in [3.63, 3.8) is 0 Å². The monoisotopic (exact) mass is 365 g/mol. The summed E-state index contributed by atoms with van der Waals surface area (Å²) >= 11 is 0. The van der Waals surface area contributed by atoms with Gasteiger partial charge in [0.05, 0.1) is 4.90 Å². The van der Waals surface area contributed by atoms with Crippen molar-refractivity contribution >= 4 is 15.9 Å². The van der Waals surface area contributed by atoms with Crippen LogP contribution in [-0.2, 0) is 10.0 Å². The number of nitrogens with one attached hydrogen (secondary N) is 1. The Kier molecular flexibility index (Phi) is 6.75. The number of carbonyl (C=O) groups is 1. The number of hydrogen-bond acceptors (Lipinski definition) is 4. The lowest BCUT2D eigenvalue weighted by Crippen LogP contribution is -2.36. The van der Waals surface area contributed by atoms with Gasteiger partial charge in [0.15, 0.2) is 0 Å². The molecule has 0 atom stereocenters. The second-order valence-corrected chi connectivity index (χ2v) is 8.46. The molecule has 1 amide bonds. The Morgan fingerprint density at radius 1 is 1.32 bits per heavy atom. The lowest BCUT2D eigenvalue weighted by molar-refractivity contribution is 0.0948. The summed E-state index contributed by atoms with van der Waals surface area (Å²) in [4.78, 5) is 14.7. The van der Waals surface area contributed by atoms with Crippen LogP contribution in [0.2, 0.25) is 0 Å². The maximum absolute atomic E-state index is 12.6. The summed E-state index contributed by atoms with van der Waals surface area (Å²) in [5.41, 5.74) is 0.358. The second-order valence-electron chi connectivity index (χ2n) is 6.46. The van der Waals surface area contributed by atoms with E-state index in [9.17, 15) is 13.2 Å². The lowest BCUT2D eigenvalue weighted by Gasteiger charge is -2.23. The van der Waals surface area contributed by atoms with Crippen LogP contribution in [0.1, 0.15) is 30.6 Å². The molecule has 0 aliphatic carbocycles. The van der Waals surface area contributed by atoms with E-state index in [1.807, 2.05) is 13.8 Å². The maximum Gasteiger partial charge on any atom is 0.251 e. The quantitative estimate of drug-likeness (QED) is 0.747. The van der Waals surface area contributed by atoms with E-state index in [1.165, 1.54) is 16.4 Å². The van der Waals surface area contributed by atoms with Crippen molar-refractivity contribution in [2.45, 2.75) is 31.2 Å². The molecule has 0 unspecified atom stereocenters. The minimum atomic E-state index is -3.59. The fraction of sp³-hybridized carbons (Fsp3) is 0.500. The number of rotatable bonds is 7. The van der Waals surface area contributed by atoms with Crippen LogP contribution in [-0.4, -0.2) is 62.8 Å². The molecule has 1 N–H and O–H groups in total. The molecular formula is C18H27N3O3S. The molecule has 1 aliphatic rings. The van der Waals surface area contributed by atoms with Gasteiger partial charge in [-0.2, -0.15) is 4.31 Å². The van der Waals surface area contributed by atoms with E-state index < -0.39 is 10.0 Å². The standard InChI is InChI=1S/C18H27N3O3S/c1-15(2)20(3)25(23,24)17-9-7-8-16(14-17)18(22)19-10-13-21-11-5-4-6-12-21/h4-5,7-9,14-15H,6,10-13H2,1-3H3,(H,19,22). The van der Waals surface area contributed by atoms with Crippen LogP contribution in [0.4, 0.5) is 0 Å². The SMILES string of the molecule is CC(C)N(C)S(=O)(=O)c1cccc(C(=O)NCCN2CC=CCC2)c1. The summed E-state index contributed by atoms with van der Waals surface area (Å²) in [6, 6.07) is 6.04. The second kappa shape index (κ2) is 8.60. The minimum Gasteiger partial charge on any atom is -0.351 e. The van der Waals surface area contributed by atoms with Crippen molar-refractivity contribution in [2.75, 3.05) is 33.2 Å². The normalized spacial score (nSPS) is 15.7. The van der Waals surface area contributed by atoms with E-state index in [0.717, 1.165) is 26.1 Å². The summed E-state index contributed by atoms with van der Waals surface area (Å²) in [5.74, 6) is -0.253. The highest BCUT2D eigenvalue weighted by Gasteiger charge is 2.23. The summed E-state index contributed by atoms with van der Waals surface area (Å²) in [7, 11) is -2.05. The molecule has 0 radical (unpaired) electrons. The first kappa shape index (κ1) is 19.6. The van der Waals surface area contributed by atoms with Crippen LogP contribution in [0.25, 0.3) is 0 Å². The van der Waals surface area contributed by atoms with Crippen LogP contribution < -0.4 is 5.32 Å². The molecule has 0 fully saturated rings. The van der Waals surface area contributed by atoms with Gasteiger partial charge in [-0.3, -0.25) is 9.69 Å². The van der Waals surface area contributed by atoms with Crippen molar-refractivity contribution in [1.29, 1.82) is 0 Å². The summed E-state index contributed by atoms with van der Waals surface area (Å²) in [6.07, 6.45) is 5.33. The van der Waals surface area contributed by atoms with E-state index in [4.69, 9.17) is 0 Å². The average molecular weight is 365 g/mol. The van der Waals surface area contributed by atoms with E-state index >= 15 is 0 Å². The van der Waals surface area contributed by atoms with E-state index in [1.54, 1.807) is 19.2 Å². The predicted molar refractivity (Wildman–Crippen MR) is 99.1 cm³/mol. The Hall–Kier alpha value is -1.70. The molecule has 138 valence electrons. The van der Waals surface area contributed by atoms with Crippen molar-refractivity contribution in [3.8, 4) is 0 Å². The van der Waals surface area contributed by atoms with Gasteiger partial charge in [0, 0.05) is 44.8 Å². The van der Waals surface area contributed by atoms with Crippen molar-refractivity contribution < 1.29 is 13.2 Å². The van der Waals surface area contributed by atoms with Crippen molar-refractivity contribution in [1.82, 2.24) is 14.5 Å². The van der Waals surface area contributed by atoms with Crippen LogP contribution in [0.5, 0.6) is 0 Å². The molecule has 2 rings (SSSR count). The molecule has 25 heavy (non-hydrogen) atoms. The summed E-state index contributed by atoms with van der Waals surface area (Å²) < 4.78 is 26.4. The summed E-state index contributed by atoms with van der Waals surface area (Å²) in [6.45, 7) is 6.85. The number of hydrogen-bond donors (Lipinski definition) is 1. The van der Waals surface area contributed by atoms with E-state index in [-0.39, 0.29) is 16.8 Å². The van der Waals surface area contributed by atoms with Crippen LogP contribution in [0.15, 0.2) is 41.3 Å². The van der Waals surface area contributed by atoms with Gasteiger partial charge in [-0.15, -0.1) is 0 Å². The van der Waals surface area contributed by atoms with Crippen LogP contribution in [0.3, 0.4) is 0 Å². The van der Waals surface area contributed by atoms with Gasteiger partial charge in [-0.05, 0) is 38.5 Å². The first-order chi connectivity index (χ1) is 11.8. The zero-order valence-electron chi connectivity index (χ0n) is 15.1. The molecule has 1 aromatic rings. The summed E-state index contributed by atoms with van der Waals surface area (Å²) in [5, 5.41) is 2.86.